The van der Waals surface area contributed by atoms with Crippen molar-refractivity contribution in [1.82, 2.24) is 10.7 Å². The number of nitrogens with zero attached hydrogens (tertiary/aromatic N) is 1. The Kier molecular flexibility index (Phi) is 6.17. The van der Waals surface area contributed by atoms with E-state index < -0.39 is 12.1 Å². The number of hydrazine groups is 1. The Labute approximate surface area is 186 Å². The Bertz CT molecular complexity index is 1150. The summed E-state index contributed by atoms with van der Waals surface area (Å²) in [5, 5.41) is 2.89. The molecule has 162 valence electrons. The fraction of sp³-hybridized carbons (Fsp3) is 0.160. The molecule has 0 unspecified atom stereocenters. The number of methoxy groups -OCH3 is 2. The first-order chi connectivity index (χ1) is 15.6. The molecular weight excluding hydrogens is 406 g/mol. The van der Waals surface area contributed by atoms with Gasteiger partial charge in [-0.1, -0.05) is 48.5 Å². The highest BCUT2D eigenvalue weighted by molar-refractivity contribution is 5.98. The summed E-state index contributed by atoms with van der Waals surface area (Å²) in [6.07, 6.45) is 1.81. The third kappa shape index (κ3) is 4.32. The van der Waals surface area contributed by atoms with E-state index in [0.29, 0.717) is 17.1 Å². The quantitative estimate of drug-likeness (QED) is 0.590. The lowest BCUT2D eigenvalue weighted by atomic mass is 10.00. The van der Waals surface area contributed by atoms with Gasteiger partial charge >= 0.3 is 5.91 Å². The van der Waals surface area contributed by atoms with Gasteiger partial charge in [0.15, 0.2) is 17.5 Å². The minimum Gasteiger partial charge on any atom is -0.493 e. The molecule has 2 N–H and O–H groups in total. The van der Waals surface area contributed by atoms with Gasteiger partial charge in [-0.2, -0.15) is 0 Å². The molecule has 2 amide bonds. The lowest BCUT2D eigenvalue weighted by Crippen LogP contribution is -2.42. The van der Waals surface area contributed by atoms with Gasteiger partial charge in [-0.25, -0.2) is 0 Å². The molecule has 1 saturated heterocycles. The van der Waals surface area contributed by atoms with E-state index in [1.807, 2.05) is 54.7 Å². The van der Waals surface area contributed by atoms with Crippen molar-refractivity contribution in [3.63, 3.8) is 0 Å². The van der Waals surface area contributed by atoms with Crippen LogP contribution in [0.3, 0.4) is 0 Å². The van der Waals surface area contributed by atoms with Crippen molar-refractivity contribution in [3.8, 4) is 11.5 Å². The van der Waals surface area contributed by atoms with Crippen LogP contribution in [-0.2, 0) is 4.79 Å². The summed E-state index contributed by atoms with van der Waals surface area (Å²) in [7, 11) is 3.15. The molecule has 1 fully saturated rings. The maximum absolute atomic E-state index is 12.9. The van der Waals surface area contributed by atoms with Crippen molar-refractivity contribution in [1.29, 1.82) is 0 Å². The van der Waals surface area contributed by atoms with E-state index in [2.05, 4.69) is 10.7 Å². The number of rotatable bonds is 6. The number of amides is 2. The number of hydrogen-bond donors (Lipinski definition) is 2. The largest absolute Gasteiger partial charge is 0.493 e. The Morgan fingerprint density at radius 1 is 0.938 bits per heavy atom. The van der Waals surface area contributed by atoms with E-state index in [9.17, 15) is 9.59 Å². The monoisotopic (exact) mass is 430 g/mol. The maximum atomic E-state index is 12.9. The van der Waals surface area contributed by atoms with Crippen LogP contribution in [-0.4, -0.2) is 43.0 Å². The highest BCUT2D eigenvalue weighted by Crippen LogP contribution is 2.28. The van der Waals surface area contributed by atoms with Crippen molar-refractivity contribution in [2.24, 2.45) is 0 Å². The predicted molar refractivity (Wildman–Crippen MR) is 120 cm³/mol. The molecular formula is C25H24N3O4+. The molecule has 0 aliphatic carbocycles. The molecule has 0 saturated carbocycles. The molecule has 32 heavy (non-hydrogen) atoms. The average molecular weight is 430 g/mol. The second-order valence-electron chi connectivity index (χ2n) is 7.30. The summed E-state index contributed by atoms with van der Waals surface area (Å²) < 4.78 is 12.4. The van der Waals surface area contributed by atoms with Gasteiger partial charge in [0.25, 0.3) is 5.91 Å². The lowest BCUT2D eigenvalue weighted by Gasteiger charge is -2.14. The molecule has 3 aromatic rings. The average Bonchev–Trinajstić information content (AvgIpc) is 3.14. The molecule has 0 spiro atoms. The van der Waals surface area contributed by atoms with Crippen molar-refractivity contribution in [2.75, 3.05) is 14.2 Å². The van der Waals surface area contributed by atoms with Gasteiger partial charge in [-0.15, -0.1) is 10.1 Å². The number of benzene rings is 3. The van der Waals surface area contributed by atoms with Gasteiger partial charge in [-0.05, 0) is 30.3 Å². The smallest absolute Gasteiger partial charge is 0.304 e. The van der Waals surface area contributed by atoms with Crippen LogP contribution in [0.15, 0.2) is 78.9 Å². The molecule has 1 aliphatic heterocycles. The first-order valence-corrected chi connectivity index (χ1v) is 10.2. The molecule has 1 aliphatic rings. The Hall–Kier alpha value is -4.13. The molecule has 3 aromatic carbocycles. The zero-order valence-electron chi connectivity index (χ0n) is 17.8. The zero-order chi connectivity index (χ0) is 22.5. The topological polar surface area (TPSA) is 79.7 Å². The summed E-state index contributed by atoms with van der Waals surface area (Å²) >= 11 is 0. The van der Waals surface area contributed by atoms with E-state index >= 15 is 0 Å². The van der Waals surface area contributed by atoms with Crippen LogP contribution in [0.2, 0.25) is 0 Å². The minimum atomic E-state index is -0.776. The summed E-state index contributed by atoms with van der Waals surface area (Å²) in [5.41, 5.74) is 5.07. The third-order valence-electron chi connectivity index (χ3n) is 5.30. The van der Waals surface area contributed by atoms with E-state index in [1.54, 1.807) is 49.2 Å². The SMILES string of the molecule is COc1ccc(/C=[N+]2\NC(=O)[C@@H](NC(=O)c3ccccc3)[C@H]2c2ccccc2)cc1OC. The normalized spacial score (nSPS) is 18.8. The summed E-state index contributed by atoms with van der Waals surface area (Å²) in [6.45, 7) is 0. The van der Waals surface area contributed by atoms with Gasteiger partial charge < -0.3 is 14.8 Å². The number of ether oxygens (including phenoxy) is 2. The van der Waals surface area contributed by atoms with Gasteiger partial charge in [0.2, 0.25) is 12.3 Å². The van der Waals surface area contributed by atoms with Crippen molar-refractivity contribution in [3.05, 3.63) is 95.6 Å². The molecule has 0 radical (unpaired) electrons. The highest BCUT2D eigenvalue weighted by atomic mass is 16.5. The maximum Gasteiger partial charge on any atom is 0.304 e. The minimum absolute atomic E-state index is 0.292. The molecule has 7 heteroatoms. The predicted octanol–water partition coefficient (Wildman–Crippen LogP) is 2.72. The molecule has 2 atom stereocenters. The van der Waals surface area contributed by atoms with Crippen LogP contribution in [0, 0.1) is 0 Å². The highest BCUT2D eigenvalue weighted by Gasteiger charge is 2.47. The Balaban J connectivity index is 1.70. The van der Waals surface area contributed by atoms with E-state index in [-0.39, 0.29) is 11.8 Å². The van der Waals surface area contributed by atoms with Gasteiger partial charge in [-0.3, -0.25) is 9.59 Å². The molecule has 4 rings (SSSR count). The molecule has 7 nitrogen and oxygen atoms in total. The summed E-state index contributed by atoms with van der Waals surface area (Å²) in [4.78, 5) is 25.7. The standard InChI is InChI=1S/C25H23N3O4/c1-31-20-14-13-17(15-21(20)32-2)16-28-23(18-9-5-3-6-10-18)22(25(30)27-28)26-24(29)19-11-7-4-8-12-19/h3-16,22-23H,1-2H3,(H-,26,27,29,30)/p+1/b28-16-/t22-,23+/m0/s1. The van der Waals surface area contributed by atoms with Crippen LogP contribution in [0.1, 0.15) is 27.5 Å². The van der Waals surface area contributed by atoms with Gasteiger partial charge in [0, 0.05) is 16.7 Å². The van der Waals surface area contributed by atoms with E-state index in [1.165, 1.54) is 0 Å². The lowest BCUT2D eigenvalue weighted by molar-refractivity contribution is -0.596. The van der Waals surface area contributed by atoms with Crippen LogP contribution >= 0.6 is 0 Å². The zero-order valence-corrected chi connectivity index (χ0v) is 17.8. The van der Waals surface area contributed by atoms with Crippen molar-refractivity contribution >= 4 is 18.0 Å². The first-order valence-electron chi connectivity index (χ1n) is 10.2. The number of hydrogen-bond acceptors (Lipinski definition) is 4. The van der Waals surface area contributed by atoms with Crippen LogP contribution in [0.4, 0.5) is 0 Å². The van der Waals surface area contributed by atoms with E-state index in [4.69, 9.17) is 9.47 Å². The number of carbonyl (C=O) groups excluding carboxylic acids is 2. The molecule has 0 bridgehead atoms. The Morgan fingerprint density at radius 2 is 1.59 bits per heavy atom. The number of nitrogens with one attached hydrogen (secondary N) is 2. The van der Waals surface area contributed by atoms with Crippen LogP contribution in [0.5, 0.6) is 11.5 Å². The van der Waals surface area contributed by atoms with Crippen LogP contribution < -0.4 is 20.2 Å². The second kappa shape index (κ2) is 9.34. The summed E-state index contributed by atoms with van der Waals surface area (Å²) in [6, 6.07) is 22.7. The third-order valence-corrected chi connectivity index (χ3v) is 5.30. The summed E-state index contributed by atoms with van der Waals surface area (Å²) in [5.74, 6) is 0.596. The van der Waals surface area contributed by atoms with Crippen molar-refractivity contribution < 1.29 is 23.7 Å². The van der Waals surface area contributed by atoms with E-state index in [0.717, 1.165) is 11.1 Å². The van der Waals surface area contributed by atoms with Gasteiger partial charge in [0.1, 0.15) is 0 Å². The van der Waals surface area contributed by atoms with Crippen LogP contribution in [0.25, 0.3) is 0 Å². The Morgan fingerprint density at radius 3 is 2.25 bits per heavy atom. The fourth-order valence-corrected chi connectivity index (χ4v) is 3.74. The number of carbonyl (C=O) groups is 2. The fourth-order valence-electron chi connectivity index (χ4n) is 3.74. The van der Waals surface area contributed by atoms with Crippen molar-refractivity contribution in [2.45, 2.75) is 12.1 Å². The molecule has 0 aromatic heterocycles. The molecule has 1 heterocycles. The number of hydrazone groups is 1. The second-order valence-corrected chi connectivity index (χ2v) is 7.30. The first kappa shape index (κ1) is 21.1. The van der Waals surface area contributed by atoms with Gasteiger partial charge in [0.05, 0.1) is 14.2 Å².